The molecule has 1 amide bonds. The minimum atomic E-state index is -1.40. The first-order chi connectivity index (χ1) is 9.88. The average Bonchev–Trinajstić information content (AvgIpc) is 2.37. The van der Waals surface area contributed by atoms with Crippen LogP contribution in [0.1, 0.15) is 6.92 Å². The van der Waals surface area contributed by atoms with Crippen LogP contribution < -0.4 is 10.1 Å². The van der Waals surface area contributed by atoms with Gasteiger partial charge in [-0.15, -0.1) is 0 Å². The maximum absolute atomic E-state index is 11.8. The van der Waals surface area contributed by atoms with E-state index >= 15 is 0 Å². The molecule has 0 spiro atoms. The number of hydrogen-bond donors (Lipinski definition) is 2. The summed E-state index contributed by atoms with van der Waals surface area (Å²) in [4.78, 5) is 21.8. The zero-order chi connectivity index (χ0) is 15.8. The van der Waals surface area contributed by atoms with Crippen LogP contribution in [-0.4, -0.2) is 45.3 Å². The zero-order valence-corrected chi connectivity index (χ0v) is 13.8. The first kappa shape index (κ1) is 17.6. The van der Waals surface area contributed by atoms with Gasteiger partial charge in [0.2, 0.25) is 5.91 Å². The number of nitrogens with one attached hydrogen (secondary N) is 1. The van der Waals surface area contributed by atoms with Gasteiger partial charge in [0.15, 0.2) is 0 Å². The number of carboxylic acid groups (broad SMARTS) is 1. The molecule has 0 aliphatic heterocycles. The predicted molar refractivity (Wildman–Crippen MR) is 82.8 cm³/mol. The van der Waals surface area contributed by atoms with E-state index in [9.17, 15) is 13.8 Å². The number of ether oxygens (including phenoxy) is 1. The SMILES string of the molecule is CC(=O)N[C@@H](CS(=O)CCOc1cccc(Br)c1)C(=O)O. The third kappa shape index (κ3) is 7.24. The lowest BCUT2D eigenvalue weighted by atomic mass is 10.3. The molecule has 0 radical (unpaired) electrons. The van der Waals surface area contributed by atoms with Gasteiger partial charge >= 0.3 is 5.97 Å². The Labute approximate surface area is 133 Å². The molecule has 1 rings (SSSR count). The molecular formula is C13H16BrNO5S. The number of carbonyl (C=O) groups is 2. The van der Waals surface area contributed by atoms with E-state index in [1.165, 1.54) is 6.92 Å². The van der Waals surface area contributed by atoms with Gasteiger partial charge in [-0.3, -0.25) is 9.00 Å². The van der Waals surface area contributed by atoms with Gasteiger partial charge < -0.3 is 15.2 Å². The second-order valence-corrected chi connectivity index (χ2v) is 6.74. The fourth-order valence-electron chi connectivity index (χ4n) is 1.50. The largest absolute Gasteiger partial charge is 0.493 e. The number of carbonyl (C=O) groups excluding carboxylic acids is 1. The molecule has 8 heteroatoms. The molecule has 0 aromatic heterocycles. The summed E-state index contributed by atoms with van der Waals surface area (Å²) in [5.74, 6) is -0.985. The van der Waals surface area contributed by atoms with Crippen LogP contribution in [0.25, 0.3) is 0 Å². The summed E-state index contributed by atoms with van der Waals surface area (Å²) in [5.41, 5.74) is 0. The van der Waals surface area contributed by atoms with Crippen LogP contribution in [0.5, 0.6) is 5.75 Å². The minimum absolute atomic E-state index is 0.142. The molecule has 0 aliphatic carbocycles. The number of hydrogen-bond acceptors (Lipinski definition) is 4. The molecule has 2 N–H and O–H groups in total. The highest BCUT2D eigenvalue weighted by molar-refractivity contribution is 9.10. The highest BCUT2D eigenvalue weighted by atomic mass is 79.9. The van der Waals surface area contributed by atoms with E-state index in [4.69, 9.17) is 9.84 Å². The van der Waals surface area contributed by atoms with E-state index in [-0.39, 0.29) is 18.1 Å². The fourth-order valence-corrected chi connectivity index (χ4v) is 2.91. The van der Waals surface area contributed by atoms with E-state index in [2.05, 4.69) is 21.2 Å². The lowest BCUT2D eigenvalue weighted by Gasteiger charge is -2.13. The van der Waals surface area contributed by atoms with Crippen molar-refractivity contribution in [3.63, 3.8) is 0 Å². The highest BCUT2D eigenvalue weighted by Crippen LogP contribution is 2.17. The van der Waals surface area contributed by atoms with Crippen molar-refractivity contribution in [1.82, 2.24) is 5.32 Å². The molecule has 0 bridgehead atoms. The topological polar surface area (TPSA) is 92.7 Å². The number of halogens is 1. The summed E-state index contributed by atoms with van der Waals surface area (Å²) < 4.78 is 18.1. The molecule has 1 aromatic carbocycles. The van der Waals surface area contributed by atoms with Gasteiger partial charge in [-0.2, -0.15) is 0 Å². The zero-order valence-electron chi connectivity index (χ0n) is 11.4. The average molecular weight is 378 g/mol. The molecule has 1 aromatic rings. The Kier molecular flexibility index (Phi) is 7.38. The van der Waals surface area contributed by atoms with Crippen molar-refractivity contribution in [1.29, 1.82) is 0 Å². The van der Waals surface area contributed by atoms with E-state index < -0.39 is 28.7 Å². The van der Waals surface area contributed by atoms with Crippen LogP contribution in [0.15, 0.2) is 28.7 Å². The number of aliphatic carboxylic acids is 1. The minimum Gasteiger partial charge on any atom is -0.493 e. The molecule has 6 nitrogen and oxygen atoms in total. The fraction of sp³-hybridized carbons (Fsp3) is 0.385. The van der Waals surface area contributed by atoms with E-state index in [0.717, 1.165) is 4.47 Å². The third-order valence-corrected chi connectivity index (χ3v) is 4.22. The van der Waals surface area contributed by atoms with E-state index in [1.807, 2.05) is 12.1 Å². The van der Waals surface area contributed by atoms with Crippen molar-refractivity contribution >= 4 is 38.6 Å². The van der Waals surface area contributed by atoms with Crippen molar-refractivity contribution in [2.75, 3.05) is 18.1 Å². The first-order valence-electron chi connectivity index (χ1n) is 6.11. The number of benzene rings is 1. The van der Waals surface area contributed by atoms with Crippen LogP contribution in [0, 0.1) is 0 Å². The van der Waals surface area contributed by atoms with Gasteiger partial charge in [0.25, 0.3) is 0 Å². The molecule has 0 fully saturated rings. The molecule has 116 valence electrons. The standard InChI is InChI=1S/C13H16BrNO5S/c1-9(16)15-12(13(17)18)8-21(19)6-5-20-11-4-2-3-10(14)7-11/h2-4,7,12H,5-6,8H2,1H3,(H,15,16)(H,17,18)/t12-,21?/m0/s1. The van der Waals surface area contributed by atoms with Gasteiger partial charge in [-0.25, -0.2) is 4.79 Å². The lowest BCUT2D eigenvalue weighted by Crippen LogP contribution is -2.43. The highest BCUT2D eigenvalue weighted by Gasteiger charge is 2.21. The summed E-state index contributed by atoms with van der Waals surface area (Å²) >= 11 is 3.31. The monoisotopic (exact) mass is 377 g/mol. The molecule has 0 saturated carbocycles. The summed E-state index contributed by atoms with van der Waals surface area (Å²) in [5, 5.41) is 11.2. The van der Waals surface area contributed by atoms with Gasteiger partial charge in [-0.05, 0) is 18.2 Å². The lowest BCUT2D eigenvalue weighted by molar-refractivity contribution is -0.140. The van der Waals surface area contributed by atoms with Gasteiger partial charge in [0.05, 0.1) is 18.1 Å². The molecule has 0 saturated heterocycles. The molecular weight excluding hydrogens is 362 g/mol. The Morgan fingerprint density at radius 1 is 1.48 bits per heavy atom. The van der Waals surface area contributed by atoms with Gasteiger partial charge in [0, 0.05) is 22.2 Å². The maximum atomic E-state index is 11.8. The Bertz CT molecular complexity index is 537. The van der Waals surface area contributed by atoms with Crippen LogP contribution in [0.2, 0.25) is 0 Å². The maximum Gasteiger partial charge on any atom is 0.327 e. The van der Waals surface area contributed by atoms with Gasteiger partial charge in [0.1, 0.15) is 11.8 Å². The van der Waals surface area contributed by atoms with Crippen molar-refractivity contribution in [3.8, 4) is 5.75 Å². The van der Waals surface area contributed by atoms with E-state index in [0.29, 0.717) is 5.75 Å². The van der Waals surface area contributed by atoms with E-state index in [1.54, 1.807) is 12.1 Å². The summed E-state index contributed by atoms with van der Waals surface area (Å²) in [7, 11) is -1.40. The van der Waals surface area contributed by atoms with Crippen molar-refractivity contribution in [2.24, 2.45) is 0 Å². The predicted octanol–water partition coefficient (Wildman–Crippen LogP) is 1.17. The molecule has 21 heavy (non-hydrogen) atoms. The van der Waals surface area contributed by atoms with Crippen molar-refractivity contribution in [3.05, 3.63) is 28.7 Å². The Hall–Kier alpha value is -1.41. The third-order valence-electron chi connectivity index (χ3n) is 2.40. The van der Waals surface area contributed by atoms with Crippen LogP contribution >= 0.6 is 15.9 Å². The molecule has 1 unspecified atom stereocenters. The Morgan fingerprint density at radius 3 is 2.76 bits per heavy atom. The molecule has 0 aliphatic rings. The first-order valence-corrected chi connectivity index (χ1v) is 8.40. The normalized spacial score (nSPS) is 13.2. The smallest absolute Gasteiger partial charge is 0.327 e. The van der Waals surface area contributed by atoms with Gasteiger partial charge in [-0.1, -0.05) is 22.0 Å². The van der Waals surface area contributed by atoms with Crippen LogP contribution in [0.4, 0.5) is 0 Å². The Morgan fingerprint density at radius 2 is 2.19 bits per heavy atom. The summed E-state index contributed by atoms with van der Waals surface area (Å²) in [6.07, 6.45) is 0. The molecule has 0 heterocycles. The van der Waals surface area contributed by atoms with Crippen molar-refractivity contribution < 1.29 is 23.6 Å². The number of rotatable bonds is 8. The van der Waals surface area contributed by atoms with Crippen molar-refractivity contribution in [2.45, 2.75) is 13.0 Å². The summed E-state index contributed by atoms with van der Waals surface area (Å²) in [6, 6.07) is 6.07. The van der Waals surface area contributed by atoms with Crippen LogP contribution in [0.3, 0.4) is 0 Å². The quantitative estimate of drug-likeness (QED) is 0.709. The second-order valence-electron chi connectivity index (χ2n) is 4.21. The summed E-state index contributed by atoms with van der Waals surface area (Å²) in [6.45, 7) is 1.42. The van der Waals surface area contributed by atoms with Crippen LogP contribution in [-0.2, 0) is 20.4 Å². The Balaban J connectivity index is 2.39. The molecule has 2 atom stereocenters. The number of amides is 1. The second kappa shape index (κ2) is 8.78. The number of carboxylic acids is 1.